The maximum Gasteiger partial charge on any atom is 0.342 e. The molecule has 1 aliphatic heterocycles. The van der Waals surface area contributed by atoms with E-state index in [0.29, 0.717) is 22.7 Å². The molecule has 0 radical (unpaired) electrons. The van der Waals surface area contributed by atoms with Crippen molar-refractivity contribution in [1.82, 2.24) is 15.3 Å². The molecule has 2 amide bonds. The number of halogens is 2. The van der Waals surface area contributed by atoms with Gasteiger partial charge in [0.1, 0.15) is 11.4 Å². The SMILES string of the molecule is CNC(=O)c1ccc(Nc2ncc3c(n2)N(C2=CC=C2)CC(F)(F)C(=O)N3C)c(OC)c1. The lowest BCUT2D eigenvalue weighted by Crippen LogP contribution is -2.46. The first-order chi connectivity index (χ1) is 15.2. The molecule has 2 heterocycles. The summed E-state index contributed by atoms with van der Waals surface area (Å²) in [5.41, 5.74) is 1.53. The third-order valence-electron chi connectivity index (χ3n) is 5.12. The third kappa shape index (κ3) is 3.61. The van der Waals surface area contributed by atoms with E-state index in [1.165, 1.54) is 32.3 Å². The quantitative estimate of drug-likeness (QED) is 0.734. The molecule has 9 nitrogen and oxygen atoms in total. The van der Waals surface area contributed by atoms with Crippen LogP contribution in [-0.2, 0) is 4.79 Å². The van der Waals surface area contributed by atoms with Gasteiger partial charge in [-0.15, -0.1) is 0 Å². The summed E-state index contributed by atoms with van der Waals surface area (Å²) in [6, 6.07) is 4.77. The zero-order valence-corrected chi connectivity index (χ0v) is 17.5. The highest BCUT2D eigenvalue weighted by atomic mass is 19.3. The fourth-order valence-corrected chi connectivity index (χ4v) is 3.33. The second-order valence-electron chi connectivity index (χ2n) is 7.13. The van der Waals surface area contributed by atoms with Crippen LogP contribution >= 0.6 is 0 Å². The van der Waals surface area contributed by atoms with Crippen molar-refractivity contribution in [2.24, 2.45) is 0 Å². The maximum absolute atomic E-state index is 14.5. The Bertz CT molecular complexity index is 1160. The van der Waals surface area contributed by atoms with Crippen molar-refractivity contribution in [1.29, 1.82) is 0 Å². The topological polar surface area (TPSA) is 99.7 Å². The van der Waals surface area contributed by atoms with E-state index in [0.717, 1.165) is 4.90 Å². The highest BCUT2D eigenvalue weighted by Crippen LogP contribution is 2.39. The monoisotopic (exact) mass is 442 g/mol. The minimum atomic E-state index is -3.60. The summed E-state index contributed by atoms with van der Waals surface area (Å²) in [6.45, 7) is -0.847. The lowest BCUT2D eigenvalue weighted by molar-refractivity contribution is -0.140. The summed E-state index contributed by atoms with van der Waals surface area (Å²) in [6.07, 6.45) is 6.34. The number of nitrogens with zero attached hydrogens (tertiary/aromatic N) is 4. The number of rotatable bonds is 5. The van der Waals surface area contributed by atoms with Crippen LogP contribution in [0, 0.1) is 0 Å². The predicted octanol–water partition coefficient (Wildman–Crippen LogP) is 2.46. The van der Waals surface area contributed by atoms with Gasteiger partial charge in [-0.3, -0.25) is 9.59 Å². The van der Waals surface area contributed by atoms with E-state index in [2.05, 4.69) is 20.6 Å². The molecule has 0 spiro atoms. The first-order valence-electron chi connectivity index (χ1n) is 9.61. The fourth-order valence-electron chi connectivity index (χ4n) is 3.33. The normalized spacial score (nSPS) is 16.5. The van der Waals surface area contributed by atoms with E-state index in [1.807, 2.05) is 0 Å². The number of anilines is 4. The van der Waals surface area contributed by atoms with Crippen LogP contribution in [-0.4, -0.2) is 55.5 Å². The van der Waals surface area contributed by atoms with Gasteiger partial charge in [0.25, 0.3) is 11.8 Å². The molecule has 0 unspecified atom stereocenters. The van der Waals surface area contributed by atoms with Gasteiger partial charge in [0.15, 0.2) is 5.82 Å². The number of hydrogen-bond acceptors (Lipinski definition) is 7. The van der Waals surface area contributed by atoms with Crippen molar-refractivity contribution in [2.45, 2.75) is 5.92 Å². The number of alkyl halides is 2. The lowest BCUT2D eigenvalue weighted by atomic mass is 10.1. The van der Waals surface area contributed by atoms with Gasteiger partial charge >= 0.3 is 5.92 Å². The summed E-state index contributed by atoms with van der Waals surface area (Å²) < 4.78 is 34.4. The van der Waals surface area contributed by atoms with Crippen LogP contribution in [0.2, 0.25) is 0 Å². The number of carbonyl (C=O) groups is 2. The van der Waals surface area contributed by atoms with E-state index in [4.69, 9.17) is 4.74 Å². The number of aromatic nitrogens is 2. The Hall–Kier alpha value is -4.02. The maximum atomic E-state index is 14.5. The summed E-state index contributed by atoms with van der Waals surface area (Å²) in [4.78, 5) is 34.9. The van der Waals surface area contributed by atoms with Crippen molar-refractivity contribution in [2.75, 3.05) is 42.9 Å². The molecule has 166 valence electrons. The number of ether oxygens (including phenoxy) is 1. The Morgan fingerprint density at radius 1 is 1.31 bits per heavy atom. The van der Waals surface area contributed by atoms with Crippen molar-refractivity contribution < 1.29 is 23.1 Å². The Morgan fingerprint density at radius 3 is 2.69 bits per heavy atom. The Morgan fingerprint density at radius 2 is 2.06 bits per heavy atom. The molecule has 2 aliphatic rings. The number of nitrogens with one attached hydrogen (secondary N) is 2. The molecule has 1 aromatic heterocycles. The van der Waals surface area contributed by atoms with Crippen LogP contribution in [0.15, 0.2) is 48.3 Å². The van der Waals surface area contributed by atoms with Gasteiger partial charge in [-0.2, -0.15) is 13.8 Å². The van der Waals surface area contributed by atoms with Crippen LogP contribution in [0.25, 0.3) is 0 Å². The molecule has 2 N–H and O–H groups in total. The van der Waals surface area contributed by atoms with Crippen molar-refractivity contribution in [3.63, 3.8) is 0 Å². The van der Waals surface area contributed by atoms with Crippen molar-refractivity contribution in [3.05, 3.63) is 53.9 Å². The van der Waals surface area contributed by atoms with Gasteiger partial charge in [-0.05, 0) is 30.4 Å². The molecule has 2 aromatic rings. The molecule has 0 fully saturated rings. The first-order valence-corrected chi connectivity index (χ1v) is 9.61. The van der Waals surface area contributed by atoms with Crippen molar-refractivity contribution in [3.8, 4) is 5.75 Å². The second-order valence-corrected chi connectivity index (χ2v) is 7.13. The highest BCUT2D eigenvalue weighted by molar-refractivity contribution is 6.02. The molecular formula is C21H20F2N6O3. The van der Waals surface area contributed by atoms with Gasteiger partial charge in [-0.1, -0.05) is 6.08 Å². The molecule has 1 aromatic carbocycles. The Labute approximate surface area is 182 Å². The molecule has 0 saturated carbocycles. The molecule has 0 atom stereocenters. The minimum absolute atomic E-state index is 0.106. The van der Waals surface area contributed by atoms with Crippen LogP contribution in [0.5, 0.6) is 5.75 Å². The highest BCUT2D eigenvalue weighted by Gasteiger charge is 2.48. The fraction of sp³-hybridized carbons (Fsp3) is 0.238. The van der Waals surface area contributed by atoms with E-state index in [9.17, 15) is 18.4 Å². The van der Waals surface area contributed by atoms with Gasteiger partial charge in [0.2, 0.25) is 5.95 Å². The van der Waals surface area contributed by atoms with Gasteiger partial charge in [-0.25, -0.2) is 4.98 Å². The number of allylic oxidation sites excluding steroid dienone is 3. The second kappa shape index (κ2) is 7.91. The Kier molecular flexibility index (Phi) is 5.25. The number of fused-ring (bicyclic) bond motifs is 1. The number of methoxy groups -OCH3 is 1. The molecular weight excluding hydrogens is 422 g/mol. The minimum Gasteiger partial charge on any atom is -0.495 e. The number of amides is 2. The van der Waals surface area contributed by atoms with Gasteiger partial charge < -0.3 is 25.2 Å². The summed E-state index contributed by atoms with van der Waals surface area (Å²) in [5.74, 6) is -4.58. The van der Waals surface area contributed by atoms with Crippen molar-refractivity contribution >= 4 is 35.0 Å². The third-order valence-corrected chi connectivity index (χ3v) is 5.12. The standard InChI is InChI=1S/C21H20F2N6O3/c1-24-18(30)12-7-8-14(16(9-12)32-3)26-20-25-10-15-17(27-20)29(13-5-4-6-13)11-21(22,23)19(31)28(15)2/h4-10H,11H2,1-3H3,(H,24,30)(H,25,26,27). The largest absolute Gasteiger partial charge is 0.495 e. The number of hydrogen-bond donors (Lipinski definition) is 2. The van der Waals surface area contributed by atoms with E-state index in [-0.39, 0.29) is 23.4 Å². The predicted molar refractivity (Wildman–Crippen MR) is 115 cm³/mol. The number of benzene rings is 1. The van der Waals surface area contributed by atoms with E-state index >= 15 is 0 Å². The average Bonchev–Trinajstić information content (AvgIpc) is 2.81. The lowest BCUT2D eigenvalue weighted by Gasteiger charge is -2.28. The van der Waals surface area contributed by atoms with Crippen LogP contribution in [0.4, 0.5) is 31.9 Å². The summed E-state index contributed by atoms with van der Waals surface area (Å²) in [7, 11) is 4.24. The molecule has 32 heavy (non-hydrogen) atoms. The summed E-state index contributed by atoms with van der Waals surface area (Å²) in [5, 5.41) is 5.52. The Balaban J connectivity index is 1.73. The molecule has 4 rings (SSSR count). The smallest absolute Gasteiger partial charge is 0.342 e. The van der Waals surface area contributed by atoms with Crippen LogP contribution < -0.4 is 25.2 Å². The van der Waals surface area contributed by atoms with Crippen LogP contribution in [0.3, 0.4) is 0 Å². The van der Waals surface area contributed by atoms with E-state index < -0.39 is 18.4 Å². The molecule has 0 bridgehead atoms. The average molecular weight is 442 g/mol. The summed E-state index contributed by atoms with van der Waals surface area (Å²) >= 11 is 0. The van der Waals surface area contributed by atoms with E-state index in [1.54, 1.807) is 36.4 Å². The van der Waals surface area contributed by atoms with Gasteiger partial charge in [0.05, 0.1) is 25.5 Å². The van der Waals surface area contributed by atoms with Gasteiger partial charge in [0, 0.05) is 25.4 Å². The molecule has 11 heteroatoms. The molecule has 1 aliphatic carbocycles. The molecule has 0 saturated heterocycles. The number of carbonyl (C=O) groups excluding carboxylic acids is 2. The zero-order valence-electron chi connectivity index (χ0n) is 17.5. The zero-order chi connectivity index (χ0) is 23.0. The first kappa shape index (κ1) is 21.2. The van der Waals surface area contributed by atoms with Crippen LogP contribution in [0.1, 0.15) is 10.4 Å².